The topological polar surface area (TPSA) is 82.9 Å². The summed E-state index contributed by atoms with van der Waals surface area (Å²) in [6.45, 7) is 3.72. The Morgan fingerprint density at radius 3 is 2.33 bits per heavy atom. The van der Waals surface area contributed by atoms with Gasteiger partial charge in [0.05, 0.1) is 24.0 Å². The fraction of sp³-hybridized carbons (Fsp3) is 0.150. The minimum atomic E-state index is 0.540. The molecule has 27 heavy (non-hydrogen) atoms. The molecular formula is C20H18ClN5O. The van der Waals surface area contributed by atoms with Crippen LogP contribution in [0.25, 0.3) is 0 Å². The lowest BCUT2D eigenvalue weighted by molar-refractivity contribution is 0.416. The summed E-state index contributed by atoms with van der Waals surface area (Å²) in [5.74, 6) is 2.38. The van der Waals surface area contributed by atoms with Gasteiger partial charge in [-0.1, -0.05) is 23.7 Å². The number of halogens is 1. The fourth-order valence-electron chi connectivity index (χ4n) is 2.59. The summed E-state index contributed by atoms with van der Waals surface area (Å²) in [5.41, 5.74) is 2.90. The lowest BCUT2D eigenvalue weighted by Crippen LogP contribution is -2.03. The smallest absolute Gasteiger partial charge is 0.143 e. The molecule has 136 valence electrons. The molecule has 2 N–H and O–H groups in total. The first-order valence-electron chi connectivity index (χ1n) is 8.23. The maximum Gasteiger partial charge on any atom is 0.143 e. The van der Waals surface area contributed by atoms with Gasteiger partial charge in [0, 0.05) is 17.2 Å². The molecule has 1 heterocycles. The van der Waals surface area contributed by atoms with Gasteiger partial charge in [-0.15, -0.1) is 0 Å². The normalized spacial score (nSPS) is 10.2. The molecule has 0 radical (unpaired) electrons. The lowest BCUT2D eigenvalue weighted by atomic mass is 10.2. The van der Waals surface area contributed by atoms with E-state index < -0.39 is 0 Å². The summed E-state index contributed by atoms with van der Waals surface area (Å²) in [7, 11) is 1.59. The maximum absolute atomic E-state index is 9.25. The molecule has 7 heteroatoms. The quantitative estimate of drug-likeness (QED) is 0.640. The number of rotatable bonds is 5. The van der Waals surface area contributed by atoms with E-state index in [1.807, 2.05) is 31.2 Å². The minimum Gasteiger partial charge on any atom is -0.495 e. The monoisotopic (exact) mass is 379 g/mol. The molecule has 0 saturated carbocycles. The second-order valence-corrected chi connectivity index (χ2v) is 6.30. The van der Waals surface area contributed by atoms with Crippen LogP contribution in [0.5, 0.6) is 5.75 Å². The highest BCUT2D eigenvalue weighted by Crippen LogP contribution is 2.33. The number of anilines is 4. The van der Waals surface area contributed by atoms with E-state index in [9.17, 15) is 5.26 Å². The summed E-state index contributed by atoms with van der Waals surface area (Å²) in [6, 6.07) is 14.8. The first-order chi connectivity index (χ1) is 13.0. The van der Waals surface area contributed by atoms with Crippen molar-refractivity contribution in [3.63, 3.8) is 0 Å². The van der Waals surface area contributed by atoms with E-state index in [0.717, 1.165) is 11.3 Å². The molecule has 0 fully saturated rings. The van der Waals surface area contributed by atoms with Crippen molar-refractivity contribution in [2.45, 2.75) is 13.8 Å². The molecule has 3 rings (SSSR count). The van der Waals surface area contributed by atoms with Gasteiger partial charge in [0.2, 0.25) is 0 Å². The summed E-state index contributed by atoms with van der Waals surface area (Å²) in [4.78, 5) is 8.82. The Balaban J connectivity index is 1.93. The largest absolute Gasteiger partial charge is 0.495 e. The van der Waals surface area contributed by atoms with Gasteiger partial charge in [0.1, 0.15) is 29.3 Å². The zero-order chi connectivity index (χ0) is 19.4. The zero-order valence-electron chi connectivity index (χ0n) is 15.2. The van der Waals surface area contributed by atoms with Crippen LogP contribution in [0.15, 0.2) is 42.5 Å². The number of ether oxygens (including phenoxy) is 1. The van der Waals surface area contributed by atoms with Crippen molar-refractivity contribution < 1.29 is 4.74 Å². The van der Waals surface area contributed by atoms with Gasteiger partial charge in [-0.2, -0.15) is 5.26 Å². The number of aryl methyl sites for hydroxylation is 2. The number of aromatic nitrogens is 2. The third-order valence-corrected chi connectivity index (χ3v) is 4.30. The number of para-hydroxylation sites is 1. The molecule has 0 aliphatic carbocycles. The third-order valence-electron chi connectivity index (χ3n) is 3.89. The Kier molecular flexibility index (Phi) is 5.43. The lowest BCUT2D eigenvalue weighted by Gasteiger charge is -2.14. The Bertz CT molecular complexity index is 1030. The zero-order valence-corrected chi connectivity index (χ0v) is 15.9. The van der Waals surface area contributed by atoms with Crippen molar-refractivity contribution in [2.24, 2.45) is 0 Å². The number of nitrogens with one attached hydrogen (secondary N) is 2. The van der Waals surface area contributed by atoms with E-state index in [0.29, 0.717) is 39.5 Å². The van der Waals surface area contributed by atoms with Crippen LogP contribution in [0.3, 0.4) is 0 Å². The molecular weight excluding hydrogens is 362 g/mol. The molecule has 0 amide bonds. The van der Waals surface area contributed by atoms with E-state index in [1.165, 1.54) is 0 Å². The van der Waals surface area contributed by atoms with E-state index >= 15 is 0 Å². The van der Waals surface area contributed by atoms with Gasteiger partial charge >= 0.3 is 0 Å². The Morgan fingerprint density at radius 2 is 1.67 bits per heavy atom. The summed E-state index contributed by atoms with van der Waals surface area (Å²) >= 11 is 6.17. The molecule has 2 aromatic carbocycles. The average Bonchev–Trinajstić information content (AvgIpc) is 2.64. The molecule has 1 aromatic heterocycles. The standard InChI is InChI=1S/C20H18ClN5O/c1-12-8-17(18(27-3)9-15(12)21)26-20-10-19(23-13(2)24-20)25-16-7-5-4-6-14(16)11-22/h4-10H,1-3H3,(H2,23,24,25,26). The molecule has 3 aromatic rings. The number of methoxy groups -OCH3 is 1. The van der Waals surface area contributed by atoms with Gasteiger partial charge < -0.3 is 15.4 Å². The van der Waals surface area contributed by atoms with Crippen molar-refractivity contribution in [3.8, 4) is 11.8 Å². The van der Waals surface area contributed by atoms with Crippen molar-refractivity contribution in [3.05, 3.63) is 64.4 Å². The highest BCUT2D eigenvalue weighted by atomic mass is 35.5. The Morgan fingerprint density at radius 1 is 1.00 bits per heavy atom. The molecule has 0 atom stereocenters. The first-order valence-corrected chi connectivity index (χ1v) is 8.61. The van der Waals surface area contributed by atoms with Gasteiger partial charge in [-0.05, 0) is 37.6 Å². The minimum absolute atomic E-state index is 0.540. The van der Waals surface area contributed by atoms with E-state index in [1.54, 1.807) is 32.2 Å². The molecule has 0 aliphatic rings. The first kappa shape index (κ1) is 18.5. The van der Waals surface area contributed by atoms with Gasteiger partial charge in [-0.25, -0.2) is 9.97 Å². The number of hydrogen-bond acceptors (Lipinski definition) is 6. The van der Waals surface area contributed by atoms with Gasteiger partial charge in [0.15, 0.2) is 0 Å². The summed E-state index contributed by atoms with van der Waals surface area (Å²) in [6.07, 6.45) is 0. The second-order valence-electron chi connectivity index (χ2n) is 5.89. The van der Waals surface area contributed by atoms with Crippen molar-refractivity contribution in [1.29, 1.82) is 5.26 Å². The number of nitriles is 1. The molecule has 0 unspecified atom stereocenters. The third kappa shape index (κ3) is 4.27. The molecule has 6 nitrogen and oxygen atoms in total. The van der Waals surface area contributed by atoms with Crippen LogP contribution in [0.2, 0.25) is 5.02 Å². The number of hydrogen-bond donors (Lipinski definition) is 2. The molecule has 0 bridgehead atoms. The van der Waals surface area contributed by atoms with Crippen LogP contribution < -0.4 is 15.4 Å². The van der Waals surface area contributed by atoms with E-state index in [-0.39, 0.29) is 0 Å². The number of benzene rings is 2. The summed E-state index contributed by atoms with van der Waals surface area (Å²) < 4.78 is 5.40. The fourth-order valence-corrected chi connectivity index (χ4v) is 2.74. The van der Waals surface area contributed by atoms with Crippen molar-refractivity contribution in [2.75, 3.05) is 17.7 Å². The SMILES string of the molecule is COc1cc(Cl)c(C)cc1Nc1cc(Nc2ccccc2C#N)nc(C)n1. The predicted molar refractivity (Wildman–Crippen MR) is 107 cm³/mol. The maximum atomic E-state index is 9.25. The van der Waals surface area contributed by atoms with Crippen LogP contribution >= 0.6 is 11.6 Å². The molecule has 0 saturated heterocycles. The van der Waals surface area contributed by atoms with Crippen molar-refractivity contribution >= 4 is 34.6 Å². The van der Waals surface area contributed by atoms with E-state index in [4.69, 9.17) is 16.3 Å². The Labute approximate surface area is 162 Å². The van der Waals surface area contributed by atoms with E-state index in [2.05, 4.69) is 26.7 Å². The predicted octanol–water partition coefficient (Wildman–Crippen LogP) is 5.11. The van der Waals surface area contributed by atoms with Crippen LogP contribution in [-0.4, -0.2) is 17.1 Å². The van der Waals surface area contributed by atoms with Crippen molar-refractivity contribution in [1.82, 2.24) is 9.97 Å². The average molecular weight is 380 g/mol. The second kappa shape index (κ2) is 7.94. The molecule has 0 aliphatic heterocycles. The Hall–Kier alpha value is -3.30. The summed E-state index contributed by atoms with van der Waals surface area (Å²) in [5, 5.41) is 16.3. The highest BCUT2D eigenvalue weighted by Gasteiger charge is 2.10. The van der Waals surface area contributed by atoms with Crippen LogP contribution in [0.1, 0.15) is 17.0 Å². The van der Waals surface area contributed by atoms with Crippen LogP contribution in [0, 0.1) is 25.2 Å². The molecule has 0 spiro atoms. The highest BCUT2D eigenvalue weighted by molar-refractivity contribution is 6.31. The number of nitrogens with zero attached hydrogens (tertiary/aromatic N) is 3. The van der Waals surface area contributed by atoms with Crippen LogP contribution in [0.4, 0.5) is 23.0 Å². The van der Waals surface area contributed by atoms with Gasteiger partial charge in [-0.3, -0.25) is 0 Å². The van der Waals surface area contributed by atoms with Crippen LogP contribution in [-0.2, 0) is 0 Å². The van der Waals surface area contributed by atoms with Gasteiger partial charge in [0.25, 0.3) is 0 Å².